The van der Waals surface area contributed by atoms with Crippen molar-refractivity contribution in [2.24, 2.45) is 0 Å². The molecule has 1 aromatic carbocycles. The fraction of sp³-hybridized carbons (Fsp3) is 0.250. The first-order valence-electron chi connectivity index (χ1n) is 5.10. The highest BCUT2D eigenvalue weighted by Gasteiger charge is 2.15. The van der Waals surface area contributed by atoms with Gasteiger partial charge in [-0.15, -0.1) is 0 Å². The van der Waals surface area contributed by atoms with Crippen molar-refractivity contribution < 1.29 is 14.2 Å². The van der Waals surface area contributed by atoms with Crippen molar-refractivity contribution in [3.8, 4) is 22.9 Å². The van der Waals surface area contributed by atoms with Gasteiger partial charge in [0.1, 0.15) is 11.4 Å². The van der Waals surface area contributed by atoms with Crippen molar-refractivity contribution in [2.45, 2.75) is 0 Å². The normalized spacial score (nSPS) is 10.1. The zero-order valence-electron chi connectivity index (χ0n) is 10.0. The van der Waals surface area contributed by atoms with Crippen molar-refractivity contribution in [1.29, 1.82) is 0 Å². The lowest BCUT2D eigenvalue weighted by Crippen LogP contribution is -2.02. The van der Waals surface area contributed by atoms with Crippen LogP contribution in [0.25, 0.3) is 5.69 Å². The second kappa shape index (κ2) is 4.78. The van der Waals surface area contributed by atoms with Crippen molar-refractivity contribution in [2.75, 3.05) is 21.3 Å². The number of methoxy groups -OCH3 is 3. The van der Waals surface area contributed by atoms with E-state index in [9.17, 15) is 0 Å². The van der Waals surface area contributed by atoms with Crippen LogP contribution >= 0.6 is 0 Å². The monoisotopic (exact) mass is 234 g/mol. The van der Waals surface area contributed by atoms with Gasteiger partial charge in [-0.1, -0.05) is 0 Å². The Morgan fingerprint density at radius 2 is 1.65 bits per heavy atom. The Hall–Kier alpha value is -2.17. The summed E-state index contributed by atoms with van der Waals surface area (Å²) in [7, 11) is 4.80. The molecule has 0 aliphatic rings. The summed E-state index contributed by atoms with van der Waals surface area (Å²) in [6.45, 7) is 0. The van der Waals surface area contributed by atoms with Crippen LogP contribution in [0.4, 0.5) is 0 Å². The van der Waals surface area contributed by atoms with Gasteiger partial charge in [0, 0.05) is 24.5 Å². The second-order valence-electron chi connectivity index (χ2n) is 3.33. The predicted octanol–water partition coefficient (Wildman–Crippen LogP) is 1.90. The highest BCUT2D eigenvalue weighted by Crippen LogP contribution is 2.36. The van der Waals surface area contributed by atoms with E-state index in [1.807, 2.05) is 12.3 Å². The molecule has 0 atom stereocenters. The molecule has 0 saturated heterocycles. The minimum Gasteiger partial charge on any atom is -0.496 e. The van der Waals surface area contributed by atoms with Crippen molar-refractivity contribution >= 4 is 0 Å². The molecule has 1 heterocycles. The molecule has 0 spiro atoms. The Balaban J connectivity index is 2.63. The molecule has 5 heteroatoms. The number of rotatable bonds is 4. The van der Waals surface area contributed by atoms with Gasteiger partial charge in [-0.25, -0.2) is 4.68 Å². The predicted molar refractivity (Wildman–Crippen MR) is 63.2 cm³/mol. The van der Waals surface area contributed by atoms with Gasteiger partial charge in [-0.2, -0.15) is 5.10 Å². The van der Waals surface area contributed by atoms with Crippen LogP contribution in [-0.2, 0) is 0 Å². The zero-order chi connectivity index (χ0) is 12.3. The minimum absolute atomic E-state index is 0.643. The molecule has 0 saturated carbocycles. The van der Waals surface area contributed by atoms with Crippen molar-refractivity contribution in [1.82, 2.24) is 9.78 Å². The Morgan fingerprint density at radius 3 is 2.06 bits per heavy atom. The lowest BCUT2D eigenvalue weighted by molar-refractivity contribution is 0.372. The van der Waals surface area contributed by atoms with Gasteiger partial charge in [0.25, 0.3) is 0 Å². The van der Waals surface area contributed by atoms with E-state index in [0.717, 1.165) is 5.69 Å². The maximum Gasteiger partial charge on any atom is 0.152 e. The highest BCUT2D eigenvalue weighted by molar-refractivity contribution is 5.60. The van der Waals surface area contributed by atoms with Gasteiger partial charge in [0.05, 0.1) is 21.3 Å². The van der Waals surface area contributed by atoms with E-state index in [1.165, 1.54) is 0 Å². The third-order valence-electron chi connectivity index (χ3n) is 2.42. The van der Waals surface area contributed by atoms with Crippen molar-refractivity contribution in [3.05, 3.63) is 30.6 Å². The third kappa shape index (κ3) is 2.04. The van der Waals surface area contributed by atoms with Crippen LogP contribution in [-0.4, -0.2) is 31.1 Å². The molecule has 0 aliphatic carbocycles. The number of hydrogen-bond donors (Lipinski definition) is 0. The molecule has 5 nitrogen and oxygen atoms in total. The molecule has 2 aromatic rings. The van der Waals surface area contributed by atoms with Gasteiger partial charge < -0.3 is 14.2 Å². The molecule has 2 rings (SSSR count). The average Bonchev–Trinajstić information content (AvgIpc) is 2.90. The number of ether oxygens (including phenoxy) is 3. The van der Waals surface area contributed by atoms with Gasteiger partial charge in [-0.05, 0) is 6.07 Å². The molecule has 0 N–H and O–H groups in total. The Kier molecular flexibility index (Phi) is 3.18. The van der Waals surface area contributed by atoms with E-state index in [-0.39, 0.29) is 0 Å². The summed E-state index contributed by atoms with van der Waals surface area (Å²) in [6.07, 6.45) is 3.52. The molecular formula is C12H14N2O3. The summed E-state index contributed by atoms with van der Waals surface area (Å²) in [5.41, 5.74) is 0.751. The van der Waals surface area contributed by atoms with Gasteiger partial charge in [0.2, 0.25) is 0 Å². The molecule has 0 fully saturated rings. The molecule has 0 aliphatic heterocycles. The third-order valence-corrected chi connectivity index (χ3v) is 2.42. The smallest absolute Gasteiger partial charge is 0.152 e. The molecule has 17 heavy (non-hydrogen) atoms. The van der Waals surface area contributed by atoms with Gasteiger partial charge >= 0.3 is 0 Å². The lowest BCUT2D eigenvalue weighted by atomic mass is 10.2. The summed E-state index contributed by atoms with van der Waals surface area (Å²) in [6, 6.07) is 5.42. The highest BCUT2D eigenvalue weighted by atomic mass is 16.5. The van der Waals surface area contributed by atoms with E-state index in [2.05, 4.69) is 5.10 Å². The Morgan fingerprint density at radius 1 is 1.00 bits per heavy atom. The summed E-state index contributed by atoms with van der Waals surface area (Å²) < 4.78 is 17.5. The SMILES string of the molecule is COc1cc(OC)c(-n2cccn2)c(OC)c1. The van der Waals surface area contributed by atoms with E-state index < -0.39 is 0 Å². The van der Waals surface area contributed by atoms with E-state index >= 15 is 0 Å². The summed E-state index contributed by atoms with van der Waals surface area (Å²) in [5.74, 6) is 1.96. The Bertz CT molecular complexity index is 469. The zero-order valence-corrected chi connectivity index (χ0v) is 10.0. The number of aromatic nitrogens is 2. The van der Waals surface area contributed by atoms with Crippen LogP contribution in [0.2, 0.25) is 0 Å². The summed E-state index contributed by atoms with van der Waals surface area (Å²) in [5, 5.41) is 4.18. The number of hydrogen-bond acceptors (Lipinski definition) is 4. The van der Waals surface area contributed by atoms with E-state index in [4.69, 9.17) is 14.2 Å². The molecule has 0 amide bonds. The quantitative estimate of drug-likeness (QED) is 0.810. The fourth-order valence-corrected chi connectivity index (χ4v) is 1.61. The van der Waals surface area contributed by atoms with Crippen LogP contribution < -0.4 is 14.2 Å². The molecule has 0 bridgehead atoms. The first kappa shape index (κ1) is 11.3. The number of nitrogens with zero attached hydrogens (tertiary/aromatic N) is 2. The maximum absolute atomic E-state index is 5.33. The number of benzene rings is 1. The Labute approximate surface area is 99.5 Å². The van der Waals surface area contributed by atoms with Crippen LogP contribution in [0.3, 0.4) is 0 Å². The van der Waals surface area contributed by atoms with Gasteiger partial charge in [0.15, 0.2) is 11.5 Å². The average molecular weight is 234 g/mol. The largest absolute Gasteiger partial charge is 0.496 e. The molecular weight excluding hydrogens is 220 g/mol. The van der Waals surface area contributed by atoms with Crippen LogP contribution in [0.5, 0.6) is 17.2 Å². The molecule has 90 valence electrons. The van der Waals surface area contributed by atoms with Crippen LogP contribution in [0.15, 0.2) is 30.6 Å². The first-order valence-corrected chi connectivity index (χ1v) is 5.10. The summed E-state index contributed by atoms with van der Waals surface area (Å²) >= 11 is 0. The van der Waals surface area contributed by atoms with Crippen LogP contribution in [0.1, 0.15) is 0 Å². The topological polar surface area (TPSA) is 45.5 Å². The van der Waals surface area contributed by atoms with E-state index in [0.29, 0.717) is 17.2 Å². The second-order valence-corrected chi connectivity index (χ2v) is 3.33. The summed E-state index contributed by atoms with van der Waals surface area (Å²) in [4.78, 5) is 0. The van der Waals surface area contributed by atoms with E-state index in [1.54, 1.807) is 44.3 Å². The molecule has 0 radical (unpaired) electrons. The maximum atomic E-state index is 5.33. The van der Waals surface area contributed by atoms with Crippen LogP contribution in [0, 0.1) is 0 Å². The fourth-order valence-electron chi connectivity index (χ4n) is 1.61. The standard InChI is InChI=1S/C12H14N2O3/c1-15-9-7-10(16-2)12(11(8-9)17-3)14-6-4-5-13-14/h4-8H,1-3H3. The molecule has 0 unspecified atom stereocenters. The minimum atomic E-state index is 0.643. The lowest BCUT2D eigenvalue weighted by Gasteiger charge is -2.14. The molecule has 1 aromatic heterocycles. The van der Waals surface area contributed by atoms with Crippen molar-refractivity contribution in [3.63, 3.8) is 0 Å². The first-order chi connectivity index (χ1) is 8.30. The van der Waals surface area contributed by atoms with Gasteiger partial charge in [-0.3, -0.25) is 0 Å².